The first-order chi connectivity index (χ1) is 10.5. The molecule has 1 aliphatic heterocycles. The largest absolute Gasteiger partial charge is 0.481 e. The predicted molar refractivity (Wildman–Crippen MR) is 79.7 cm³/mol. The van der Waals surface area contributed by atoms with Gasteiger partial charge in [0.05, 0.1) is 5.92 Å². The number of carboxylic acid groups (broad SMARTS) is 1. The summed E-state index contributed by atoms with van der Waals surface area (Å²) in [6.45, 7) is 5.28. The summed E-state index contributed by atoms with van der Waals surface area (Å²) in [4.78, 5) is 23.5. The number of H-pyrrole nitrogens is 1. The third kappa shape index (κ3) is 4.07. The lowest BCUT2D eigenvalue weighted by Crippen LogP contribution is -2.39. The van der Waals surface area contributed by atoms with Crippen LogP contribution >= 0.6 is 0 Å². The standard InChI is InChI=1S/C15H23N3O4/c1-9(2)12-7-13(18-17-12)14(19)16-8-11(15(20)21)10-3-5-22-6-4-10/h7,9-11H,3-6,8H2,1-2H3,(H,16,19)(H,17,18)(H,20,21). The van der Waals surface area contributed by atoms with Crippen molar-refractivity contribution in [2.75, 3.05) is 19.8 Å². The monoisotopic (exact) mass is 309 g/mol. The van der Waals surface area contributed by atoms with Crippen LogP contribution in [0.15, 0.2) is 6.07 Å². The van der Waals surface area contributed by atoms with E-state index in [9.17, 15) is 14.7 Å². The van der Waals surface area contributed by atoms with Gasteiger partial charge in [0, 0.05) is 25.5 Å². The van der Waals surface area contributed by atoms with Crippen LogP contribution < -0.4 is 5.32 Å². The molecule has 1 aromatic heterocycles. The molecule has 0 spiro atoms. The fourth-order valence-corrected chi connectivity index (χ4v) is 2.62. The zero-order chi connectivity index (χ0) is 16.1. The molecule has 1 atom stereocenters. The van der Waals surface area contributed by atoms with E-state index in [2.05, 4.69) is 15.5 Å². The van der Waals surface area contributed by atoms with E-state index in [0.717, 1.165) is 5.69 Å². The second kappa shape index (κ2) is 7.40. The van der Waals surface area contributed by atoms with Gasteiger partial charge in [0.1, 0.15) is 5.69 Å². The van der Waals surface area contributed by atoms with Gasteiger partial charge in [-0.1, -0.05) is 13.8 Å². The highest BCUT2D eigenvalue weighted by atomic mass is 16.5. The van der Waals surface area contributed by atoms with E-state index in [-0.39, 0.29) is 24.3 Å². The summed E-state index contributed by atoms with van der Waals surface area (Å²) < 4.78 is 5.26. The first-order valence-electron chi connectivity index (χ1n) is 7.63. The van der Waals surface area contributed by atoms with Crippen molar-refractivity contribution in [3.05, 3.63) is 17.5 Å². The molecular weight excluding hydrogens is 286 g/mol. The van der Waals surface area contributed by atoms with Crippen molar-refractivity contribution < 1.29 is 19.4 Å². The molecule has 1 saturated heterocycles. The predicted octanol–water partition coefficient (Wildman–Crippen LogP) is 1.39. The molecule has 0 aromatic carbocycles. The van der Waals surface area contributed by atoms with Crippen LogP contribution in [0.25, 0.3) is 0 Å². The number of hydrogen-bond acceptors (Lipinski definition) is 4. The Kier molecular flexibility index (Phi) is 5.54. The summed E-state index contributed by atoms with van der Waals surface area (Å²) in [5.74, 6) is -1.52. The van der Waals surface area contributed by atoms with Crippen molar-refractivity contribution in [1.29, 1.82) is 0 Å². The molecule has 1 aromatic rings. The molecule has 3 N–H and O–H groups in total. The second-order valence-corrected chi connectivity index (χ2v) is 5.97. The van der Waals surface area contributed by atoms with Gasteiger partial charge in [-0.15, -0.1) is 0 Å². The van der Waals surface area contributed by atoms with Crippen LogP contribution in [-0.2, 0) is 9.53 Å². The molecule has 0 bridgehead atoms. The maximum atomic E-state index is 12.1. The fraction of sp³-hybridized carbons (Fsp3) is 0.667. The van der Waals surface area contributed by atoms with Crippen LogP contribution in [0.5, 0.6) is 0 Å². The molecular formula is C15H23N3O4. The lowest BCUT2D eigenvalue weighted by molar-refractivity contribution is -0.144. The first-order valence-corrected chi connectivity index (χ1v) is 7.63. The molecule has 7 nitrogen and oxygen atoms in total. The van der Waals surface area contributed by atoms with Crippen molar-refractivity contribution in [3.8, 4) is 0 Å². The maximum absolute atomic E-state index is 12.1. The number of ether oxygens (including phenoxy) is 1. The summed E-state index contributed by atoms with van der Waals surface area (Å²) in [6, 6.07) is 1.70. The summed E-state index contributed by atoms with van der Waals surface area (Å²) in [6.07, 6.45) is 1.43. The van der Waals surface area contributed by atoms with Crippen LogP contribution in [0.3, 0.4) is 0 Å². The average Bonchev–Trinajstić information content (AvgIpc) is 2.98. The number of carboxylic acids is 1. The van der Waals surface area contributed by atoms with E-state index in [4.69, 9.17) is 4.74 Å². The normalized spacial score (nSPS) is 17.4. The summed E-state index contributed by atoms with van der Waals surface area (Å²) in [7, 11) is 0. The number of carbonyl (C=O) groups excluding carboxylic acids is 1. The molecule has 22 heavy (non-hydrogen) atoms. The number of amides is 1. The lowest BCUT2D eigenvalue weighted by Gasteiger charge is -2.27. The fourth-order valence-electron chi connectivity index (χ4n) is 2.62. The Morgan fingerprint density at radius 2 is 2.14 bits per heavy atom. The van der Waals surface area contributed by atoms with E-state index in [1.165, 1.54) is 0 Å². The second-order valence-electron chi connectivity index (χ2n) is 5.97. The molecule has 0 aliphatic carbocycles. The maximum Gasteiger partial charge on any atom is 0.308 e. The minimum absolute atomic E-state index is 0.0389. The lowest BCUT2D eigenvalue weighted by atomic mass is 9.86. The molecule has 7 heteroatoms. The Morgan fingerprint density at radius 3 is 2.68 bits per heavy atom. The molecule has 122 valence electrons. The Hall–Kier alpha value is -1.89. The molecule has 1 fully saturated rings. The van der Waals surface area contributed by atoms with Crippen LogP contribution in [-0.4, -0.2) is 46.9 Å². The molecule has 2 rings (SSSR count). The van der Waals surface area contributed by atoms with E-state index in [1.807, 2.05) is 13.8 Å². The van der Waals surface area contributed by atoms with Crippen LogP contribution in [0, 0.1) is 11.8 Å². The van der Waals surface area contributed by atoms with Gasteiger partial charge in [-0.2, -0.15) is 5.10 Å². The average molecular weight is 309 g/mol. The Morgan fingerprint density at radius 1 is 1.45 bits per heavy atom. The van der Waals surface area contributed by atoms with Crippen LogP contribution in [0.2, 0.25) is 0 Å². The minimum atomic E-state index is -0.878. The number of carbonyl (C=O) groups is 2. The van der Waals surface area contributed by atoms with Gasteiger partial charge in [-0.3, -0.25) is 14.7 Å². The van der Waals surface area contributed by atoms with Crippen molar-refractivity contribution in [3.63, 3.8) is 0 Å². The number of nitrogens with zero attached hydrogens (tertiary/aromatic N) is 1. The molecule has 0 radical (unpaired) electrons. The number of aromatic amines is 1. The number of hydrogen-bond donors (Lipinski definition) is 3. The topological polar surface area (TPSA) is 104 Å². The van der Waals surface area contributed by atoms with Gasteiger partial charge in [0.15, 0.2) is 0 Å². The molecule has 1 amide bonds. The third-order valence-electron chi connectivity index (χ3n) is 4.09. The number of nitrogens with one attached hydrogen (secondary N) is 2. The highest BCUT2D eigenvalue weighted by Crippen LogP contribution is 2.23. The smallest absolute Gasteiger partial charge is 0.308 e. The van der Waals surface area contributed by atoms with Crippen molar-refractivity contribution in [2.24, 2.45) is 11.8 Å². The van der Waals surface area contributed by atoms with E-state index >= 15 is 0 Å². The number of aliphatic carboxylic acids is 1. The van der Waals surface area contributed by atoms with Gasteiger partial charge >= 0.3 is 5.97 Å². The highest BCUT2D eigenvalue weighted by Gasteiger charge is 2.30. The number of rotatable bonds is 6. The van der Waals surface area contributed by atoms with Gasteiger partial charge in [-0.05, 0) is 30.7 Å². The SMILES string of the molecule is CC(C)c1cc(C(=O)NCC(C(=O)O)C2CCOCC2)n[nH]1. The van der Waals surface area contributed by atoms with Gasteiger partial charge in [0.25, 0.3) is 5.91 Å². The molecule has 2 heterocycles. The number of aromatic nitrogens is 2. The van der Waals surface area contributed by atoms with Gasteiger partial charge in [-0.25, -0.2) is 0 Å². The van der Waals surface area contributed by atoms with E-state index in [1.54, 1.807) is 6.07 Å². The van der Waals surface area contributed by atoms with Gasteiger partial charge < -0.3 is 15.2 Å². The Labute approximate surface area is 129 Å². The molecule has 1 unspecified atom stereocenters. The minimum Gasteiger partial charge on any atom is -0.481 e. The van der Waals surface area contributed by atoms with Gasteiger partial charge in [0.2, 0.25) is 0 Å². The summed E-state index contributed by atoms with van der Waals surface area (Å²) in [5, 5.41) is 18.8. The quantitative estimate of drug-likeness (QED) is 0.736. The Bertz CT molecular complexity index is 521. The summed E-state index contributed by atoms with van der Waals surface area (Å²) in [5.41, 5.74) is 1.17. The molecule has 1 aliphatic rings. The zero-order valence-electron chi connectivity index (χ0n) is 13.0. The van der Waals surface area contributed by atoms with E-state index in [0.29, 0.717) is 31.7 Å². The molecule has 0 saturated carbocycles. The van der Waals surface area contributed by atoms with Crippen LogP contribution in [0.4, 0.5) is 0 Å². The highest BCUT2D eigenvalue weighted by molar-refractivity contribution is 5.92. The first kappa shape index (κ1) is 16.5. The third-order valence-corrected chi connectivity index (χ3v) is 4.09. The van der Waals surface area contributed by atoms with Crippen molar-refractivity contribution in [1.82, 2.24) is 15.5 Å². The van der Waals surface area contributed by atoms with Crippen LogP contribution in [0.1, 0.15) is 48.8 Å². The summed E-state index contributed by atoms with van der Waals surface area (Å²) >= 11 is 0. The van der Waals surface area contributed by atoms with Crippen molar-refractivity contribution >= 4 is 11.9 Å². The Balaban J connectivity index is 1.93. The van der Waals surface area contributed by atoms with Crippen molar-refractivity contribution in [2.45, 2.75) is 32.6 Å². The zero-order valence-corrected chi connectivity index (χ0v) is 13.0. The van der Waals surface area contributed by atoms with E-state index < -0.39 is 11.9 Å².